The van der Waals surface area contributed by atoms with Crippen molar-refractivity contribution >= 4 is 11.9 Å². The number of ether oxygens (including phenoxy) is 1. The third-order valence-corrected chi connectivity index (χ3v) is 5.58. The zero-order chi connectivity index (χ0) is 18.0. The van der Waals surface area contributed by atoms with Crippen LogP contribution < -0.4 is 5.32 Å². The first-order valence-electron chi connectivity index (χ1n) is 9.77. The van der Waals surface area contributed by atoms with Crippen LogP contribution in [0.3, 0.4) is 0 Å². The Morgan fingerprint density at radius 1 is 1.28 bits per heavy atom. The van der Waals surface area contributed by atoms with E-state index in [4.69, 9.17) is 4.74 Å². The van der Waals surface area contributed by atoms with Crippen LogP contribution in [-0.4, -0.2) is 73.6 Å². The maximum Gasteiger partial charge on any atom is 0.242 e. The summed E-state index contributed by atoms with van der Waals surface area (Å²) in [5.41, 5.74) is 0.141. The molecule has 0 bridgehead atoms. The summed E-state index contributed by atoms with van der Waals surface area (Å²) in [5, 5.41) is 3.52. The zero-order valence-corrected chi connectivity index (χ0v) is 16.3. The van der Waals surface area contributed by atoms with Crippen LogP contribution >= 0.6 is 0 Å². The standard InChI is InChI=1S/C19H34N4O2/c1-19(2,3)17-14(6-5-11-25-17)12-21-18(20-4)22-9-10-23(15-7-8-15)16(24)13-22/h14-15,17H,5-13H2,1-4H3,(H,20,21). The largest absolute Gasteiger partial charge is 0.377 e. The van der Waals surface area contributed by atoms with Gasteiger partial charge in [0.1, 0.15) is 0 Å². The van der Waals surface area contributed by atoms with Gasteiger partial charge in [-0.1, -0.05) is 20.8 Å². The Bertz CT molecular complexity index is 510. The van der Waals surface area contributed by atoms with Crippen molar-refractivity contribution in [1.29, 1.82) is 0 Å². The van der Waals surface area contributed by atoms with E-state index in [2.05, 4.69) is 36.0 Å². The fourth-order valence-electron chi connectivity index (χ4n) is 4.20. The van der Waals surface area contributed by atoms with Crippen LogP contribution in [0.2, 0.25) is 0 Å². The van der Waals surface area contributed by atoms with Crippen LogP contribution in [0.1, 0.15) is 46.5 Å². The van der Waals surface area contributed by atoms with E-state index in [0.717, 1.165) is 38.6 Å². The van der Waals surface area contributed by atoms with Gasteiger partial charge in [-0.25, -0.2) is 0 Å². The molecular formula is C19H34N4O2. The number of carbonyl (C=O) groups is 1. The highest BCUT2D eigenvalue weighted by Gasteiger charge is 2.37. The Kier molecular flexibility index (Phi) is 5.56. The molecule has 6 heteroatoms. The van der Waals surface area contributed by atoms with Gasteiger partial charge in [0.05, 0.1) is 12.6 Å². The molecule has 0 spiro atoms. The van der Waals surface area contributed by atoms with Crippen LogP contribution in [0.25, 0.3) is 0 Å². The van der Waals surface area contributed by atoms with E-state index >= 15 is 0 Å². The number of hydrogen-bond acceptors (Lipinski definition) is 3. The summed E-state index contributed by atoms with van der Waals surface area (Å²) >= 11 is 0. The van der Waals surface area contributed by atoms with Gasteiger partial charge in [0.15, 0.2) is 5.96 Å². The molecule has 2 aliphatic heterocycles. The molecule has 1 aliphatic carbocycles. The summed E-state index contributed by atoms with van der Waals surface area (Å²) in [7, 11) is 1.80. The van der Waals surface area contributed by atoms with E-state index in [9.17, 15) is 4.79 Å². The fourth-order valence-corrected chi connectivity index (χ4v) is 4.20. The van der Waals surface area contributed by atoms with Crippen molar-refractivity contribution in [2.24, 2.45) is 16.3 Å². The van der Waals surface area contributed by atoms with Crippen molar-refractivity contribution in [2.75, 3.05) is 39.8 Å². The van der Waals surface area contributed by atoms with E-state index in [1.54, 1.807) is 7.05 Å². The molecule has 0 aromatic carbocycles. The highest BCUT2D eigenvalue weighted by atomic mass is 16.5. The van der Waals surface area contributed by atoms with E-state index in [-0.39, 0.29) is 17.4 Å². The first-order valence-corrected chi connectivity index (χ1v) is 9.77. The number of nitrogens with zero attached hydrogens (tertiary/aromatic N) is 3. The molecule has 1 N–H and O–H groups in total. The second-order valence-corrected chi connectivity index (χ2v) is 8.73. The molecule has 2 heterocycles. The Hall–Kier alpha value is -1.30. The lowest BCUT2D eigenvalue weighted by atomic mass is 9.78. The summed E-state index contributed by atoms with van der Waals surface area (Å²) in [6, 6.07) is 0.511. The van der Waals surface area contributed by atoms with Crippen LogP contribution in [0.5, 0.6) is 0 Å². The quantitative estimate of drug-likeness (QED) is 0.622. The average molecular weight is 351 g/mol. The molecule has 142 valence electrons. The molecule has 3 aliphatic rings. The minimum atomic E-state index is 0.141. The van der Waals surface area contributed by atoms with Gasteiger partial charge in [-0.05, 0) is 31.1 Å². The minimum absolute atomic E-state index is 0.141. The van der Waals surface area contributed by atoms with Crippen LogP contribution in [-0.2, 0) is 9.53 Å². The molecule has 3 rings (SSSR count). The Morgan fingerprint density at radius 3 is 2.64 bits per heavy atom. The predicted octanol–water partition coefficient (Wildman–Crippen LogP) is 1.71. The minimum Gasteiger partial charge on any atom is -0.377 e. The average Bonchev–Trinajstić information content (AvgIpc) is 3.40. The number of nitrogens with one attached hydrogen (secondary N) is 1. The molecule has 1 saturated carbocycles. The fraction of sp³-hybridized carbons (Fsp3) is 0.895. The molecule has 1 amide bonds. The van der Waals surface area contributed by atoms with E-state index in [1.165, 1.54) is 19.3 Å². The number of carbonyl (C=O) groups excluding carboxylic acids is 1. The second kappa shape index (κ2) is 7.52. The highest BCUT2D eigenvalue weighted by molar-refractivity contribution is 5.87. The summed E-state index contributed by atoms with van der Waals surface area (Å²) in [4.78, 5) is 20.9. The van der Waals surface area contributed by atoms with E-state index in [0.29, 0.717) is 18.5 Å². The molecule has 0 aromatic rings. The molecule has 0 aromatic heterocycles. The smallest absolute Gasteiger partial charge is 0.242 e. The molecule has 6 nitrogen and oxygen atoms in total. The summed E-state index contributed by atoms with van der Waals surface area (Å²) in [5.74, 6) is 1.57. The molecular weight excluding hydrogens is 316 g/mol. The van der Waals surface area contributed by atoms with Crippen molar-refractivity contribution < 1.29 is 9.53 Å². The van der Waals surface area contributed by atoms with Crippen molar-refractivity contribution in [3.8, 4) is 0 Å². The van der Waals surface area contributed by atoms with Gasteiger partial charge in [0.25, 0.3) is 0 Å². The van der Waals surface area contributed by atoms with E-state index < -0.39 is 0 Å². The topological polar surface area (TPSA) is 57.2 Å². The number of hydrogen-bond donors (Lipinski definition) is 1. The maximum absolute atomic E-state index is 12.4. The van der Waals surface area contributed by atoms with Crippen molar-refractivity contribution in [3.05, 3.63) is 0 Å². The van der Waals surface area contributed by atoms with Crippen LogP contribution in [0, 0.1) is 11.3 Å². The normalized spacial score (nSPS) is 29.1. The molecule has 25 heavy (non-hydrogen) atoms. The van der Waals surface area contributed by atoms with Gasteiger partial charge in [-0.15, -0.1) is 0 Å². The van der Waals surface area contributed by atoms with Gasteiger partial charge in [-0.3, -0.25) is 9.79 Å². The lowest BCUT2D eigenvalue weighted by Crippen LogP contribution is -2.56. The molecule has 3 fully saturated rings. The Morgan fingerprint density at radius 2 is 2.04 bits per heavy atom. The monoisotopic (exact) mass is 350 g/mol. The van der Waals surface area contributed by atoms with Crippen molar-refractivity contribution in [1.82, 2.24) is 15.1 Å². The number of amides is 1. The number of guanidine groups is 1. The summed E-state index contributed by atoms with van der Waals surface area (Å²) in [6.45, 7) is 10.6. The zero-order valence-electron chi connectivity index (χ0n) is 16.3. The molecule has 2 atom stereocenters. The summed E-state index contributed by atoms with van der Waals surface area (Å²) < 4.78 is 6.08. The van der Waals surface area contributed by atoms with Gasteiger partial charge in [0, 0.05) is 45.2 Å². The van der Waals surface area contributed by atoms with Crippen LogP contribution in [0.4, 0.5) is 0 Å². The maximum atomic E-state index is 12.4. The number of piperazine rings is 1. The molecule has 2 saturated heterocycles. The van der Waals surface area contributed by atoms with Crippen molar-refractivity contribution in [2.45, 2.75) is 58.6 Å². The third-order valence-electron chi connectivity index (χ3n) is 5.58. The molecule has 0 radical (unpaired) electrons. The number of aliphatic imine (C=N–C) groups is 1. The SMILES string of the molecule is CN=C(NCC1CCCOC1C(C)(C)C)N1CCN(C2CC2)C(=O)C1. The van der Waals surface area contributed by atoms with Gasteiger partial charge in [0.2, 0.25) is 5.91 Å². The summed E-state index contributed by atoms with van der Waals surface area (Å²) in [6.07, 6.45) is 4.92. The Balaban J connectivity index is 1.54. The number of rotatable bonds is 3. The van der Waals surface area contributed by atoms with Gasteiger partial charge >= 0.3 is 0 Å². The first kappa shape index (κ1) is 18.5. The Labute approximate surface area is 152 Å². The predicted molar refractivity (Wildman–Crippen MR) is 99.6 cm³/mol. The van der Waals surface area contributed by atoms with Crippen molar-refractivity contribution in [3.63, 3.8) is 0 Å². The lowest BCUT2D eigenvalue weighted by molar-refractivity contribution is -0.135. The van der Waals surface area contributed by atoms with Crippen LogP contribution in [0.15, 0.2) is 4.99 Å². The van der Waals surface area contributed by atoms with Gasteiger partial charge < -0.3 is 19.9 Å². The molecule has 2 unspecified atom stereocenters. The van der Waals surface area contributed by atoms with E-state index in [1.807, 2.05) is 4.90 Å². The van der Waals surface area contributed by atoms with Gasteiger partial charge in [-0.2, -0.15) is 0 Å². The third kappa shape index (κ3) is 4.46. The first-order chi connectivity index (χ1) is 11.9. The second-order valence-electron chi connectivity index (χ2n) is 8.73. The lowest BCUT2D eigenvalue weighted by Gasteiger charge is -2.41. The highest BCUT2D eigenvalue weighted by Crippen LogP contribution is 2.33.